The minimum Gasteiger partial charge on any atom is -0.444 e. The van der Waals surface area contributed by atoms with E-state index >= 15 is 0 Å². The fraction of sp³-hybridized carbons (Fsp3) is 0.625. The zero-order valence-corrected chi connectivity index (χ0v) is 6.42. The van der Waals surface area contributed by atoms with E-state index in [2.05, 4.69) is 4.98 Å². The minimum absolute atomic E-state index is 0.407. The van der Waals surface area contributed by atoms with Crippen LogP contribution in [0.4, 0.5) is 0 Å². The number of nitrogens with two attached hydrogens (primary N) is 1. The summed E-state index contributed by atoms with van der Waals surface area (Å²) >= 11 is 0. The van der Waals surface area contributed by atoms with Crippen LogP contribution >= 0.6 is 0 Å². The van der Waals surface area contributed by atoms with Crippen LogP contribution in [-0.4, -0.2) is 4.98 Å². The smallest absolute Gasteiger partial charge is 0.208 e. The van der Waals surface area contributed by atoms with E-state index in [1.54, 1.807) is 6.20 Å². The maximum atomic E-state index is 5.35. The average Bonchev–Trinajstić information content (AvgIpc) is 2.68. The van der Waals surface area contributed by atoms with Gasteiger partial charge in [0.05, 0.1) is 12.7 Å². The minimum atomic E-state index is 0.407. The monoisotopic (exact) mass is 152 g/mol. The van der Waals surface area contributed by atoms with Gasteiger partial charge in [-0.2, -0.15) is 0 Å². The molecular formula is C8H12N2O. The maximum absolute atomic E-state index is 5.35. The van der Waals surface area contributed by atoms with E-state index in [0.29, 0.717) is 12.4 Å². The quantitative estimate of drug-likeness (QED) is 0.705. The van der Waals surface area contributed by atoms with Crippen molar-refractivity contribution in [1.29, 1.82) is 0 Å². The van der Waals surface area contributed by atoms with Gasteiger partial charge in [0.25, 0.3) is 0 Å². The van der Waals surface area contributed by atoms with Crippen molar-refractivity contribution in [2.45, 2.75) is 25.8 Å². The van der Waals surface area contributed by atoms with Crippen molar-refractivity contribution in [3.8, 4) is 0 Å². The molecule has 1 fully saturated rings. The predicted molar refractivity (Wildman–Crippen MR) is 40.8 cm³/mol. The SMILES string of the molecule is NCc1ncc(CC2CC2)o1. The number of oxazole rings is 1. The highest BCUT2D eigenvalue weighted by Crippen LogP contribution is 2.32. The molecule has 0 radical (unpaired) electrons. The third-order valence-corrected chi connectivity index (χ3v) is 1.96. The highest BCUT2D eigenvalue weighted by Gasteiger charge is 2.23. The molecule has 1 aromatic rings. The van der Waals surface area contributed by atoms with Crippen LogP contribution in [0.15, 0.2) is 10.6 Å². The van der Waals surface area contributed by atoms with Crippen LogP contribution in [0.1, 0.15) is 24.5 Å². The lowest BCUT2D eigenvalue weighted by Crippen LogP contribution is -1.95. The first-order chi connectivity index (χ1) is 5.38. The highest BCUT2D eigenvalue weighted by atomic mass is 16.4. The van der Waals surface area contributed by atoms with Crippen LogP contribution in [-0.2, 0) is 13.0 Å². The lowest BCUT2D eigenvalue weighted by Gasteiger charge is -1.89. The Hall–Kier alpha value is -0.830. The molecule has 0 spiro atoms. The summed E-state index contributed by atoms with van der Waals surface area (Å²) in [4.78, 5) is 4.02. The van der Waals surface area contributed by atoms with Crippen molar-refractivity contribution < 1.29 is 4.42 Å². The predicted octanol–water partition coefficient (Wildman–Crippen LogP) is 1.09. The molecule has 3 nitrogen and oxygen atoms in total. The van der Waals surface area contributed by atoms with Gasteiger partial charge >= 0.3 is 0 Å². The van der Waals surface area contributed by atoms with Gasteiger partial charge in [0.1, 0.15) is 5.76 Å². The first-order valence-corrected chi connectivity index (χ1v) is 4.02. The Kier molecular flexibility index (Phi) is 1.66. The topological polar surface area (TPSA) is 52.0 Å². The average molecular weight is 152 g/mol. The van der Waals surface area contributed by atoms with Gasteiger partial charge in [-0.3, -0.25) is 0 Å². The van der Waals surface area contributed by atoms with Crippen molar-refractivity contribution in [2.24, 2.45) is 11.7 Å². The normalized spacial score (nSPS) is 17.2. The molecule has 0 saturated heterocycles. The van der Waals surface area contributed by atoms with Crippen molar-refractivity contribution in [3.63, 3.8) is 0 Å². The second-order valence-electron chi connectivity index (χ2n) is 3.07. The molecule has 0 unspecified atom stereocenters. The molecule has 1 saturated carbocycles. The standard InChI is InChI=1S/C8H12N2O/c9-4-8-10-5-7(11-8)3-6-1-2-6/h5-6H,1-4,9H2. The first kappa shape index (κ1) is 6.85. The summed E-state index contributed by atoms with van der Waals surface area (Å²) in [6.07, 6.45) is 5.53. The number of rotatable bonds is 3. The van der Waals surface area contributed by atoms with E-state index in [4.69, 9.17) is 10.2 Å². The van der Waals surface area contributed by atoms with Gasteiger partial charge in [0.15, 0.2) is 0 Å². The Balaban J connectivity index is 1.99. The fourth-order valence-corrected chi connectivity index (χ4v) is 1.14. The van der Waals surface area contributed by atoms with Crippen LogP contribution in [0.2, 0.25) is 0 Å². The summed E-state index contributed by atoms with van der Waals surface area (Å²) in [5, 5.41) is 0. The molecule has 1 aliphatic carbocycles. The highest BCUT2D eigenvalue weighted by molar-refractivity contribution is 4.97. The zero-order chi connectivity index (χ0) is 7.68. The number of hydrogen-bond acceptors (Lipinski definition) is 3. The van der Waals surface area contributed by atoms with Crippen molar-refractivity contribution >= 4 is 0 Å². The van der Waals surface area contributed by atoms with Crippen molar-refractivity contribution in [1.82, 2.24) is 4.98 Å². The van der Waals surface area contributed by atoms with E-state index in [1.165, 1.54) is 12.8 Å². The molecule has 3 heteroatoms. The number of hydrogen-bond donors (Lipinski definition) is 1. The van der Waals surface area contributed by atoms with E-state index in [9.17, 15) is 0 Å². The molecule has 0 atom stereocenters. The van der Waals surface area contributed by atoms with Gasteiger partial charge in [0.2, 0.25) is 5.89 Å². The second-order valence-corrected chi connectivity index (χ2v) is 3.07. The molecule has 0 amide bonds. The summed E-state index contributed by atoms with van der Waals surface area (Å²) in [5.74, 6) is 2.50. The van der Waals surface area contributed by atoms with Crippen LogP contribution in [0.25, 0.3) is 0 Å². The number of aromatic nitrogens is 1. The molecular weight excluding hydrogens is 140 g/mol. The summed E-state index contributed by atoms with van der Waals surface area (Å²) < 4.78 is 5.35. The Morgan fingerprint density at radius 2 is 2.45 bits per heavy atom. The molecule has 1 heterocycles. The van der Waals surface area contributed by atoms with E-state index in [-0.39, 0.29) is 0 Å². The Bertz CT molecular complexity index is 240. The van der Waals surface area contributed by atoms with E-state index < -0.39 is 0 Å². The first-order valence-electron chi connectivity index (χ1n) is 4.02. The molecule has 2 N–H and O–H groups in total. The third-order valence-electron chi connectivity index (χ3n) is 1.96. The third kappa shape index (κ3) is 1.60. The van der Waals surface area contributed by atoms with Crippen molar-refractivity contribution in [3.05, 3.63) is 17.8 Å². The van der Waals surface area contributed by atoms with Crippen molar-refractivity contribution in [2.75, 3.05) is 0 Å². The van der Waals surface area contributed by atoms with E-state index in [1.807, 2.05) is 0 Å². The summed E-state index contributed by atoms with van der Waals surface area (Å²) in [6, 6.07) is 0. The van der Waals surface area contributed by atoms with Crippen LogP contribution in [0.3, 0.4) is 0 Å². The largest absolute Gasteiger partial charge is 0.444 e. The Labute approximate surface area is 65.6 Å². The van der Waals surface area contributed by atoms with Gasteiger partial charge in [0, 0.05) is 6.42 Å². The molecule has 2 rings (SSSR count). The molecule has 0 aliphatic heterocycles. The lowest BCUT2D eigenvalue weighted by atomic mass is 10.2. The van der Waals surface area contributed by atoms with Gasteiger partial charge < -0.3 is 10.2 Å². The maximum Gasteiger partial charge on any atom is 0.208 e. The van der Waals surface area contributed by atoms with Gasteiger partial charge in [-0.1, -0.05) is 0 Å². The Morgan fingerprint density at radius 1 is 1.64 bits per heavy atom. The fourth-order valence-electron chi connectivity index (χ4n) is 1.14. The molecule has 11 heavy (non-hydrogen) atoms. The van der Waals surface area contributed by atoms with Gasteiger partial charge in [-0.15, -0.1) is 0 Å². The van der Waals surface area contributed by atoms with Gasteiger partial charge in [-0.05, 0) is 18.8 Å². The zero-order valence-electron chi connectivity index (χ0n) is 6.42. The Morgan fingerprint density at radius 3 is 3.00 bits per heavy atom. The van der Waals surface area contributed by atoms with Gasteiger partial charge in [-0.25, -0.2) is 4.98 Å². The summed E-state index contributed by atoms with van der Waals surface area (Å²) in [7, 11) is 0. The summed E-state index contributed by atoms with van der Waals surface area (Å²) in [6.45, 7) is 0.407. The van der Waals surface area contributed by atoms with Crippen LogP contribution in [0.5, 0.6) is 0 Å². The summed E-state index contributed by atoms with van der Waals surface area (Å²) in [5.41, 5.74) is 5.35. The van der Waals surface area contributed by atoms with Crippen LogP contribution in [0, 0.1) is 5.92 Å². The second kappa shape index (κ2) is 2.66. The number of nitrogens with zero attached hydrogens (tertiary/aromatic N) is 1. The lowest BCUT2D eigenvalue weighted by molar-refractivity contribution is 0.449. The molecule has 1 aromatic heterocycles. The molecule has 1 aliphatic rings. The van der Waals surface area contributed by atoms with Crippen LogP contribution < -0.4 is 5.73 Å². The molecule has 0 aromatic carbocycles. The molecule has 0 bridgehead atoms. The molecule has 60 valence electrons. The van der Waals surface area contributed by atoms with E-state index in [0.717, 1.165) is 18.1 Å².